The van der Waals surface area contributed by atoms with Crippen molar-refractivity contribution in [1.82, 2.24) is 9.47 Å². The summed E-state index contributed by atoms with van der Waals surface area (Å²) in [5.74, 6) is -0.0532. The van der Waals surface area contributed by atoms with E-state index in [0.717, 1.165) is 22.3 Å². The van der Waals surface area contributed by atoms with Crippen molar-refractivity contribution in [3.63, 3.8) is 0 Å². The highest BCUT2D eigenvalue weighted by molar-refractivity contribution is 5.73. The molecule has 0 bridgehead atoms. The number of benzene rings is 3. The van der Waals surface area contributed by atoms with E-state index in [4.69, 9.17) is 9.47 Å². The van der Waals surface area contributed by atoms with Crippen molar-refractivity contribution in [3.05, 3.63) is 136 Å². The van der Waals surface area contributed by atoms with Crippen LogP contribution < -0.4 is 10.3 Å². The molecule has 4 rings (SSSR count). The standard InChI is InChI=1S/C33H34N2O5/c1-3-39-32(38)24-40-30-16-10-11-26(21-30)22-34(25(2)36)19-20-35-23-29(17-18-31(35)37)33(27-12-6-4-7-13-27)28-14-8-5-9-15-28/h4-18,21,23,33H,3,19-20,22,24H2,1-2H3. The monoisotopic (exact) mass is 538 g/mol. The molecule has 1 heterocycles. The van der Waals surface area contributed by atoms with Crippen LogP contribution in [-0.4, -0.2) is 41.1 Å². The van der Waals surface area contributed by atoms with Gasteiger partial charge in [0.05, 0.1) is 6.61 Å². The van der Waals surface area contributed by atoms with Crippen LogP contribution in [0.4, 0.5) is 0 Å². The Kier molecular flexibility index (Phi) is 9.88. The van der Waals surface area contributed by atoms with Gasteiger partial charge in [0.15, 0.2) is 6.61 Å². The van der Waals surface area contributed by atoms with Crippen LogP contribution in [0.5, 0.6) is 5.75 Å². The van der Waals surface area contributed by atoms with Crippen molar-refractivity contribution >= 4 is 11.9 Å². The van der Waals surface area contributed by atoms with Crippen molar-refractivity contribution in [1.29, 1.82) is 0 Å². The van der Waals surface area contributed by atoms with Crippen LogP contribution >= 0.6 is 0 Å². The molecule has 0 saturated carbocycles. The third-order valence-corrected chi connectivity index (χ3v) is 6.60. The molecule has 0 atom stereocenters. The number of carbonyl (C=O) groups is 2. The molecule has 1 aromatic heterocycles. The second kappa shape index (κ2) is 13.9. The number of hydrogen-bond donors (Lipinski definition) is 0. The van der Waals surface area contributed by atoms with Crippen LogP contribution in [-0.2, 0) is 27.4 Å². The highest BCUT2D eigenvalue weighted by Gasteiger charge is 2.18. The van der Waals surface area contributed by atoms with E-state index in [1.165, 1.54) is 6.92 Å². The smallest absolute Gasteiger partial charge is 0.344 e. The molecule has 0 unspecified atom stereocenters. The molecule has 0 aliphatic rings. The highest BCUT2D eigenvalue weighted by Crippen LogP contribution is 2.31. The molecule has 7 nitrogen and oxygen atoms in total. The number of aromatic nitrogens is 1. The zero-order valence-corrected chi connectivity index (χ0v) is 22.9. The second-order valence-electron chi connectivity index (χ2n) is 9.43. The molecule has 0 fully saturated rings. The second-order valence-corrected chi connectivity index (χ2v) is 9.43. The number of esters is 1. The highest BCUT2D eigenvalue weighted by atomic mass is 16.6. The van der Waals surface area contributed by atoms with E-state index < -0.39 is 5.97 Å². The van der Waals surface area contributed by atoms with Gasteiger partial charge in [0.25, 0.3) is 5.56 Å². The molecule has 1 amide bonds. The maximum absolute atomic E-state index is 12.8. The van der Waals surface area contributed by atoms with E-state index in [1.54, 1.807) is 34.6 Å². The van der Waals surface area contributed by atoms with Crippen molar-refractivity contribution < 1.29 is 19.1 Å². The molecule has 206 valence electrons. The lowest BCUT2D eigenvalue weighted by atomic mass is 9.86. The Bertz CT molecular complexity index is 1430. The summed E-state index contributed by atoms with van der Waals surface area (Å²) < 4.78 is 12.1. The van der Waals surface area contributed by atoms with Crippen molar-refractivity contribution in [2.24, 2.45) is 0 Å². The molecule has 0 N–H and O–H groups in total. The fraction of sp³-hybridized carbons (Fsp3) is 0.242. The fourth-order valence-electron chi connectivity index (χ4n) is 4.64. The Hall–Kier alpha value is -4.65. The maximum Gasteiger partial charge on any atom is 0.344 e. The molecule has 40 heavy (non-hydrogen) atoms. The number of rotatable bonds is 12. The van der Waals surface area contributed by atoms with E-state index in [0.29, 0.717) is 32.0 Å². The van der Waals surface area contributed by atoms with E-state index in [1.807, 2.05) is 60.8 Å². The first-order valence-corrected chi connectivity index (χ1v) is 13.4. The fourth-order valence-corrected chi connectivity index (χ4v) is 4.64. The normalized spacial score (nSPS) is 10.8. The van der Waals surface area contributed by atoms with Crippen LogP contribution in [0.1, 0.15) is 42.0 Å². The van der Waals surface area contributed by atoms with Gasteiger partial charge in [-0.15, -0.1) is 0 Å². The molecule has 7 heteroatoms. The topological polar surface area (TPSA) is 77.8 Å². The van der Waals surface area contributed by atoms with Gasteiger partial charge in [-0.05, 0) is 41.3 Å². The van der Waals surface area contributed by atoms with Gasteiger partial charge in [-0.3, -0.25) is 9.59 Å². The van der Waals surface area contributed by atoms with Crippen LogP contribution in [0.15, 0.2) is 108 Å². The van der Waals surface area contributed by atoms with Crippen molar-refractivity contribution in [3.8, 4) is 5.75 Å². The average molecular weight is 539 g/mol. The Morgan fingerprint density at radius 3 is 2.15 bits per heavy atom. The van der Waals surface area contributed by atoms with Gasteiger partial charge in [0.1, 0.15) is 5.75 Å². The molecule has 0 saturated heterocycles. The Morgan fingerprint density at radius 2 is 1.52 bits per heavy atom. The van der Waals surface area contributed by atoms with Gasteiger partial charge in [0.2, 0.25) is 5.91 Å². The lowest BCUT2D eigenvalue weighted by Gasteiger charge is -2.23. The molecule has 4 aromatic rings. The van der Waals surface area contributed by atoms with E-state index in [-0.39, 0.29) is 24.0 Å². The minimum Gasteiger partial charge on any atom is -0.482 e. The summed E-state index contributed by atoms with van der Waals surface area (Å²) in [6.07, 6.45) is 1.90. The van der Waals surface area contributed by atoms with Crippen LogP contribution in [0.2, 0.25) is 0 Å². The van der Waals surface area contributed by atoms with Crippen LogP contribution in [0.3, 0.4) is 0 Å². The van der Waals surface area contributed by atoms with Crippen LogP contribution in [0, 0.1) is 0 Å². The van der Waals surface area contributed by atoms with Gasteiger partial charge in [-0.25, -0.2) is 4.79 Å². The molecule has 0 aliphatic carbocycles. The van der Waals surface area contributed by atoms with Gasteiger partial charge >= 0.3 is 5.97 Å². The molecule has 0 spiro atoms. The predicted molar refractivity (Wildman–Crippen MR) is 154 cm³/mol. The summed E-state index contributed by atoms with van der Waals surface area (Å²) in [5, 5.41) is 0. The minimum atomic E-state index is -0.437. The Morgan fingerprint density at radius 1 is 0.850 bits per heavy atom. The van der Waals surface area contributed by atoms with Crippen LogP contribution in [0.25, 0.3) is 0 Å². The first-order chi connectivity index (χ1) is 19.4. The third kappa shape index (κ3) is 7.69. The Labute approximate surface area is 234 Å². The largest absolute Gasteiger partial charge is 0.482 e. The molecule has 0 radical (unpaired) electrons. The quantitative estimate of drug-likeness (QED) is 0.237. The summed E-state index contributed by atoms with van der Waals surface area (Å²) in [6.45, 7) is 4.42. The molecule has 3 aromatic carbocycles. The van der Waals surface area contributed by atoms with Crippen molar-refractivity contribution in [2.45, 2.75) is 32.9 Å². The van der Waals surface area contributed by atoms with Gasteiger partial charge < -0.3 is 18.9 Å². The number of hydrogen-bond acceptors (Lipinski definition) is 5. The van der Waals surface area contributed by atoms with E-state index >= 15 is 0 Å². The first-order valence-electron chi connectivity index (χ1n) is 13.4. The summed E-state index contributed by atoms with van der Waals surface area (Å²) >= 11 is 0. The average Bonchev–Trinajstić information content (AvgIpc) is 2.97. The number of nitrogens with zero attached hydrogens (tertiary/aromatic N) is 2. The van der Waals surface area contributed by atoms with Crippen molar-refractivity contribution in [2.75, 3.05) is 19.8 Å². The third-order valence-electron chi connectivity index (χ3n) is 6.60. The zero-order valence-electron chi connectivity index (χ0n) is 22.9. The molecular weight excluding hydrogens is 504 g/mol. The summed E-state index contributed by atoms with van der Waals surface area (Å²) in [6, 6.07) is 31.2. The summed E-state index contributed by atoms with van der Waals surface area (Å²) in [5.41, 5.74) is 3.99. The zero-order chi connectivity index (χ0) is 28.3. The maximum atomic E-state index is 12.8. The lowest BCUT2D eigenvalue weighted by Crippen LogP contribution is -2.34. The minimum absolute atomic E-state index is 0.0319. The molecular formula is C33H34N2O5. The van der Waals surface area contributed by atoms with E-state index in [2.05, 4.69) is 24.3 Å². The van der Waals surface area contributed by atoms with Gasteiger partial charge in [-0.1, -0.05) is 78.9 Å². The van der Waals surface area contributed by atoms with E-state index in [9.17, 15) is 14.4 Å². The molecule has 0 aliphatic heterocycles. The van der Waals surface area contributed by atoms with Gasteiger partial charge in [-0.2, -0.15) is 0 Å². The first kappa shape index (κ1) is 28.4. The summed E-state index contributed by atoms with van der Waals surface area (Å²) in [4.78, 5) is 38.7. The number of ether oxygens (including phenoxy) is 2. The lowest BCUT2D eigenvalue weighted by molar-refractivity contribution is -0.145. The predicted octanol–water partition coefficient (Wildman–Crippen LogP) is 5.02. The number of amides is 1. The Balaban J connectivity index is 1.50. The SMILES string of the molecule is CCOC(=O)COc1cccc(CN(CCn2cc(C(c3ccccc3)c3ccccc3)ccc2=O)C(C)=O)c1. The number of pyridine rings is 1. The number of carbonyl (C=O) groups excluding carboxylic acids is 2. The van der Waals surface area contributed by atoms with Gasteiger partial charge in [0, 0.05) is 44.7 Å². The summed E-state index contributed by atoms with van der Waals surface area (Å²) in [7, 11) is 0.